The predicted octanol–water partition coefficient (Wildman–Crippen LogP) is 2.33. The van der Waals surface area contributed by atoms with Gasteiger partial charge in [-0.3, -0.25) is 9.59 Å². The van der Waals surface area contributed by atoms with Crippen molar-refractivity contribution in [2.45, 2.75) is 58.4 Å². The summed E-state index contributed by atoms with van der Waals surface area (Å²) in [4.78, 5) is 33.8. The van der Waals surface area contributed by atoms with Gasteiger partial charge in [0.1, 0.15) is 5.69 Å². The Kier molecular flexibility index (Phi) is 5.21. The number of likely N-dealkylation sites (tertiary alicyclic amines) is 1. The topological polar surface area (TPSA) is 58.4 Å². The smallest absolute Gasteiger partial charge is 0.289 e. The molecule has 0 aromatic carbocycles. The molecule has 0 atom stereocenters. The molecular formula is C18H28N4O2. The van der Waals surface area contributed by atoms with Crippen LogP contribution < -0.4 is 0 Å². The van der Waals surface area contributed by atoms with Crippen LogP contribution in [0.3, 0.4) is 0 Å². The maximum atomic E-state index is 12.8. The number of hydrogen-bond acceptors (Lipinski definition) is 3. The summed E-state index contributed by atoms with van der Waals surface area (Å²) in [6.45, 7) is 5.26. The van der Waals surface area contributed by atoms with Crippen molar-refractivity contribution in [2.24, 2.45) is 0 Å². The van der Waals surface area contributed by atoms with Gasteiger partial charge in [-0.05, 0) is 38.5 Å². The van der Waals surface area contributed by atoms with Crippen LogP contribution in [-0.4, -0.2) is 57.8 Å². The molecule has 3 heterocycles. The first kappa shape index (κ1) is 17.0. The van der Waals surface area contributed by atoms with Crippen LogP contribution in [0.4, 0.5) is 0 Å². The second-order valence-corrected chi connectivity index (χ2v) is 6.92. The van der Waals surface area contributed by atoms with Crippen LogP contribution in [0.2, 0.25) is 0 Å². The number of carbonyl (C=O) groups excluding carboxylic acids is 2. The lowest BCUT2D eigenvalue weighted by atomic mass is 10.1. The van der Waals surface area contributed by atoms with Crippen molar-refractivity contribution in [1.82, 2.24) is 19.4 Å². The Hall–Kier alpha value is -1.85. The van der Waals surface area contributed by atoms with Crippen molar-refractivity contribution < 1.29 is 9.59 Å². The Bertz CT molecular complexity index is 617. The van der Waals surface area contributed by atoms with Gasteiger partial charge in [-0.25, -0.2) is 4.98 Å². The number of rotatable bonds is 5. The van der Waals surface area contributed by atoms with Crippen molar-refractivity contribution in [1.29, 1.82) is 0 Å². The molecule has 0 saturated carbocycles. The molecule has 6 nitrogen and oxygen atoms in total. The lowest BCUT2D eigenvalue weighted by molar-refractivity contribution is 0.0774. The minimum absolute atomic E-state index is 0.00842. The molecular weight excluding hydrogens is 304 g/mol. The van der Waals surface area contributed by atoms with Crippen molar-refractivity contribution in [2.75, 3.05) is 26.7 Å². The Labute approximate surface area is 143 Å². The Morgan fingerprint density at radius 3 is 2.54 bits per heavy atom. The molecule has 3 rings (SSSR count). The lowest BCUT2D eigenvalue weighted by Gasteiger charge is -2.20. The Morgan fingerprint density at radius 1 is 1.12 bits per heavy atom. The average Bonchev–Trinajstić information content (AvgIpc) is 3.26. The van der Waals surface area contributed by atoms with Crippen molar-refractivity contribution in [3.8, 4) is 0 Å². The second kappa shape index (κ2) is 7.36. The molecule has 1 fully saturated rings. The molecule has 1 saturated heterocycles. The van der Waals surface area contributed by atoms with E-state index in [1.165, 1.54) is 0 Å². The van der Waals surface area contributed by atoms with E-state index in [-0.39, 0.29) is 11.8 Å². The summed E-state index contributed by atoms with van der Waals surface area (Å²) >= 11 is 0. The molecule has 1 aromatic rings. The largest absolute Gasteiger partial charge is 0.340 e. The maximum absolute atomic E-state index is 12.8. The molecule has 2 amide bonds. The van der Waals surface area contributed by atoms with Gasteiger partial charge in [-0.1, -0.05) is 13.3 Å². The number of nitrogens with zero attached hydrogens (tertiary/aromatic N) is 4. The molecule has 2 aliphatic rings. The van der Waals surface area contributed by atoms with Crippen LogP contribution >= 0.6 is 0 Å². The molecule has 6 heteroatoms. The fourth-order valence-electron chi connectivity index (χ4n) is 3.62. The van der Waals surface area contributed by atoms with Gasteiger partial charge >= 0.3 is 0 Å². The van der Waals surface area contributed by atoms with Crippen LogP contribution in [0.15, 0.2) is 0 Å². The van der Waals surface area contributed by atoms with Gasteiger partial charge in [0.05, 0.1) is 5.69 Å². The van der Waals surface area contributed by atoms with E-state index in [2.05, 4.69) is 11.9 Å². The normalized spacial score (nSPS) is 17.0. The summed E-state index contributed by atoms with van der Waals surface area (Å²) in [5, 5.41) is 0. The monoisotopic (exact) mass is 332 g/mol. The SMILES string of the molecule is CCCCN(C)C(=O)c1nc(C(=O)N2CCCC2)n2c1CCCC2. The number of fused-ring (bicyclic) bond motifs is 1. The van der Waals surface area contributed by atoms with E-state index >= 15 is 0 Å². The average molecular weight is 332 g/mol. The number of aromatic nitrogens is 2. The first-order valence-corrected chi connectivity index (χ1v) is 9.27. The zero-order chi connectivity index (χ0) is 17.1. The van der Waals surface area contributed by atoms with Gasteiger partial charge in [0.25, 0.3) is 11.8 Å². The van der Waals surface area contributed by atoms with Gasteiger partial charge in [-0.15, -0.1) is 0 Å². The first-order valence-electron chi connectivity index (χ1n) is 9.27. The highest BCUT2D eigenvalue weighted by molar-refractivity contribution is 5.97. The number of imidazole rings is 1. The molecule has 0 bridgehead atoms. The number of hydrogen-bond donors (Lipinski definition) is 0. The molecule has 132 valence electrons. The molecule has 0 radical (unpaired) electrons. The summed E-state index contributed by atoms with van der Waals surface area (Å²) in [6, 6.07) is 0. The van der Waals surface area contributed by atoms with E-state index in [4.69, 9.17) is 0 Å². The summed E-state index contributed by atoms with van der Waals surface area (Å²) in [6.07, 6.45) is 7.10. The molecule has 0 spiro atoms. The lowest BCUT2D eigenvalue weighted by Crippen LogP contribution is -2.31. The Balaban J connectivity index is 1.89. The molecule has 1 aromatic heterocycles. The minimum atomic E-state index is -0.0467. The van der Waals surface area contributed by atoms with Crippen LogP contribution in [0.1, 0.15) is 72.3 Å². The van der Waals surface area contributed by atoms with Crippen molar-refractivity contribution in [3.63, 3.8) is 0 Å². The fourth-order valence-corrected chi connectivity index (χ4v) is 3.62. The van der Waals surface area contributed by atoms with Gasteiger partial charge < -0.3 is 14.4 Å². The van der Waals surface area contributed by atoms with Gasteiger partial charge in [0.2, 0.25) is 0 Å². The predicted molar refractivity (Wildman–Crippen MR) is 92.2 cm³/mol. The van der Waals surface area contributed by atoms with Crippen LogP contribution in [0.5, 0.6) is 0 Å². The van der Waals surface area contributed by atoms with E-state index in [0.717, 1.165) is 76.8 Å². The minimum Gasteiger partial charge on any atom is -0.340 e. The summed E-state index contributed by atoms with van der Waals surface area (Å²) < 4.78 is 2.01. The van der Waals surface area contributed by atoms with E-state index in [1.54, 1.807) is 4.90 Å². The third-order valence-corrected chi connectivity index (χ3v) is 5.10. The zero-order valence-corrected chi connectivity index (χ0v) is 14.9. The van der Waals surface area contributed by atoms with Gasteiger partial charge in [0.15, 0.2) is 5.82 Å². The standard InChI is InChI=1S/C18H28N4O2/c1-3-4-10-20(2)17(23)15-14-9-5-6-13-22(14)16(19-15)18(24)21-11-7-8-12-21/h3-13H2,1-2H3. The van der Waals surface area contributed by atoms with Gasteiger partial charge in [-0.2, -0.15) is 0 Å². The zero-order valence-electron chi connectivity index (χ0n) is 14.9. The molecule has 0 N–H and O–H groups in total. The molecule has 24 heavy (non-hydrogen) atoms. The number of unbranched alkanes of at least 4 members (excludes halogenated alkanes) is 1. The second-order valence-electron chi connectivity index (χ2n) is 6.92. The highest BCUT2D eigenvalue weighted by atomic mass is 16.2. The Morgan fingerprint density at radius 2 is 1.83 bits per heavy atom. The van der Waals surface area contributed by atoms with Crippen LogP contribution in [-0.2, 0) is 13.0 Å². The van der Waals surface area contributed by atoms with Crippen molar-refractivity contribution >= 4 is 11.8 Å². The summed E-state index contributed by atoms with van der Waals surface area (Å²) in [5.41, 5.74) is 1.45. The summed E-state index contributed by atoms with van der Waals surface area (Å²) in [7, 11) is 1.83. The maximum Gasteiger partial charge on any atom is 0.289 e. The van der Waals surface area contributed by atoms with E-state index in [0.29, 0.717) is 11.5 Å². The third kappa shape index (κ3) is 3.19. The third-order valence-electron chi connectivity index (χ3n) is 5.10. The highest BCUT2D eigenvalue weighted by Gasteiger charge is 2.31. The van der Waals surface area contributed by atoms with Crippen LogP contribution in [0.25, 0.3) is 0 Å². The van der Waals surface area contributed by atoms with Gasteiger partial charge in [0, 0.05) is 33.2 Å². The number of amides is 2. The molecule has 2 aliphatic heterocycles. The van der Waals surface area contributed by atoms with E-state index in [9.17, 15) is 9.59 Å². The molecule has 0 aliphatic carbocycles. The first-order chi connectivity index (χ1) is 11.6. The van der Waals surface area contributed by atoms with E-state index in [1.807, 2.05) is 16.5 Å². The fraction of sp³-hybridized carbons (Fsp3) is 0.722. The molecule has 0 unspecified atom stereocenters. The summed E-state index contributed by atoms with van der Waals surface area (Å²) in [5.74, 6) is 0.416. The van der Waals surface area contributed by atoms with E-state index < -0.39 is 0 Å². The number of carbonyl (C=O) groups is 2. The highest BCUT2D eigenvalue weighted by Crippen LogP contribution is 2.24. The van der Waals surface area contributed by atoms with Crippen LogP contribution in [0, 0.1) is 0 Å². The van der Waals surface area contributed by atoms with Crippen molar-refractivity contribution in [3.05, 3.63) is 17.2 Å². The quantitative estimate of drug-likeness (QED) is 0.831.